The average molecular weight is 348 g/mol. The van der Waals surface area contributed by atoms with Crippen LogP contribution in [0.5, 0.6) is 0 Å². The summed E-state index contributed by atoms with van der Waals surface area (Å²) in [5, 5.41) is 0. The number of rotatable bonds is 2. The summed E-state index contributed by atoms with van der Waals surface area (Å²) in [6.45, 7) is 3.37. The zero-order valence-corrected chi connectivity index (χ0v) is 14.9. The first kappa shape index (κ1) is 16.1. The Balaban J connectivity index is 1.79. The van der Waals surface area contributed by atoms with E-state index >= 15 is 0 Å². The third kappa shape index (κ3) is 2.47. The number of carbonyl (C=O) groups excluding carboxylic acids is 1. The molecule has 0 bridgehead atoms. The number of amides is 1. The van der Waals surface area contributed by atoms with Gasteiger partial charge in [0, 0.05) is 25.6 Å². The molecule has 4 rings (SSSR count). The number of hydrogen-bond donors (Lipinski definition) is 0. The van der Waals surface area contributed by atoms with Gasteiger partial charge in [0.05, 0.1) is 10.6 Å². The van der Waals surface area contributed by atoms with Crippen LogP contribution in [0.1, 0.15) is 50.2 Å². The van der Waals surface area contributed by atoms with Gasteiger partial charge in [0.25, 0.3) is 0 Å². The van der Waals surface area contributed by atoms with E-state index in [0.717, 1.165) is 55.5 Å². The van der Waals surface area contributed by atoms with E-state index in [2.05, 4.69) is 0 Å². The maximum Gasteiger partial charge on any atom is 0.243 e. The molecule has 0 unspecified atom stereocenters. The molecule has 6 heteroatoms. The Kier molecular flexibility index (Phi) is 3.92. The monoisotopic (exact) mass is 348 g/mol. The third-order valence-electron chi connectivity index (χ3n) is 5.60. The van der Waals surface area contributed by atoms with E-state index in [1.165, 1.54) is 0 Å². The fourth-order valence-corrected chi connectivity index (χ4v) is 6.14. The average Bonchev–Trinajstić information content (AvgIpc) is 2.58. The molecule has 0 aromatic heterocycles. The minimum atomic E-state index is -3.45. The Morgan fingerprint density at radius 1 is 1.00 bits per heavy atom. The molecule has 1 amide bonds. The lowest BCUT2D eigenvalue weighted by Gasteiger charge is -2.36. The van der Waals surface area contributed by atoms with Crippen molar-refractivity contribution in [2.45, 2.75) is 62.8 Å². The molecular weight excluding hydrogens is 324 g/mol. The summed E-state index contributed by atoms with van der Waals surface area (Å²) < 4.78 is 28.0. The lowest BCUT2D eigenvalue weighted by Crippen LogP contribution is -2.42. The van der Waals surface area contributed by atoms with Crippen molar-refractivity contribution >= 4 is 21.6 Å². The highest BCUT2D eigenvalue weighted by Gasteiger charge is 2.35. The van der Waals surface area contributed by atoms with E-state index in [4.69, 9.17) is 0 Å². The Labute approximate surface area is 143 Å². The third-order valence-corrected chi connectivity index (χ3v) is 7.59. The summed E-state index contributed by atoms with van der Waals surface area (Å²) in [5.74, 6) is 0.170. The number of piperidine rings is 1. The van der Waals surface area contributed by atoms with Crippen molar-refractivity contribution in [3.8, 4) is 0 Å². The fourth-order valence-electron chi connectivity index (χ4n) is 4.33. The van der Waals surface area contributed by atoms with E-state index in [1.807, 2.05) is 24.0 Å². The molecule has 130 valence electrons. The van der Waals surface area contributed by atoms with Crippen LogP contribution >= 0.6 is 0 Å². The van der Waals surface area contributed by atoms with Crippen LogP contribution in [0.3, 0.4) is 0 Å². The standard InChI is InChI=1S/C18H24N2O3S/c1-13-5-2-3-10-20(13)24(22,23)16-11-14-6-4-9-19-17(21)8-7-15(12-16)18(14)19/h11-13H,2-10H2,1H3/t13-/m1/s1. The molecule has 0 spiro atoms. The van der Waals surface area contributed by atoms with Crippen molar-refractivity contribution in [3.05, 3.63) is 23.3 Å². The van der Waals surface area contributed by atoms with Gasteiger partial charge in [-0.15, -0.1) is 0 Å². The second-order valence-electron chi connectivity index (χ2n) is 7.20. The van der Waals surface area contributed by atoms with E-state index < -0.39 is 10.0 Å². The van der Waals surface area contributed by atoms with Crippen molar-refractivity contribution in [1.29, 1.82) is 0 Å². The van der Waals surface area contributed by atoms with Gasteiger partial charge in [-0.25, -0.2) is 8.42 Å². The van der Waals surface area contributed by atoms with Crippen LogP contribution in [0.4, 0.5) is 5.69 Å². The molecular formula is C18H24N2O3S. The van der Waals surface area contributed by atoms with Crippen LogP contribution in [0.25, 0.3) is 0 Å². The summed E-state index contributed by atoms with van der Waals surface area (Å²) in [5.41, 5.74) is 3.04. The molecule has 1 fully saturated rings. The number of aryl methyl sites for hydroxylation is 2. The quantitative estimate of drug-likeness (QED) is 0.825. The highest BCUT2D eigenvalue weighted by Crippen LogP contribution is 2.38. The minimum absolute atomic E-state index is 0.0641. The number of carbonyl (C=O) groups is 1. The Morgan fingerprint density at radius 3 is 2.50 bits per heavy atom. The number of benzene rings is 1. The summed E-state index contributed by atoms with van der Waals surface area (Å²) in [7, 11) is -3.45. The van der Waals surface area contributed by atoms with Gasteiger partial charge >= 0.3 is 0 Å². The van der Waals surface area contributed by atoms with Crippen LogP contribution in [-0.2, 0) is 27.7 Å². The predicted octanol–water partition coefficient (Wildman–Crippen LogP) is 2.48. The molecule has 1 aromatic carbocycles. The first-order valence-electron chi connectivity index (χ1n) is 8.96. The number of hydrogen-bond acceptors (Lipinski definition) is 3. The van der Waals surface area contributed by atoms with Gasteiger partial charge in [0.15, 0.2) is 0 Å². The van der Waals surface area contributed by atoms with Gasteiger partial charge < -0.3 is 4.90 Å². The molecule has 5 nitrogen and oxygen atoms in total. The first-order valence-corrected chi connectivity index (χ1v) is 10.4. The van der Waals surface area contributed by atoms with Crippen LogP contribution in [0.15, 0.2) is 17.0 Å². The smallest absolute Gasteiger partial charge is 0.243 e. The molecule has 1 aromatic rings. The SMILES string of the molecule is C[C@@H]1CCCCN1S(=O)(=O)c1cc2c3c(c1)CCC(=O)N3CCC2. The molecule has 1 saturated heterocycles. The number of sulfonamides is 1. The molecule has 1 atom stereocenters. The normalized spacial score (nSPS) is 24.8. The Morgan fingerprint density at radius 2 is 1.75 bits per heavy atom. The van der Waals surface area contributed by atoms with Gasteiger partial charge in [-0.05, 0) is 62.3 Å². The topological polar surface area (TPSA) is 57.7 Å². The molecule has 0 radical (unpaired) electrons. The maximum absolute atomic E-state index is 13.2. The lowest BCUT2D eigenvalue weighted by molar-refractivity contribution is -0.119. The zero-order valence-electron chi connectivity index (χ0n) is 14.1. The molecule has 0 aliphatic carbocycles. The molecule has 0 N–H and O–H groups in total. The van der Waals surface area contributed by atoms with Crippen molar-refractivity contribution < 1.29 is 13.2 Å². The molecule has 0 saturated carbocycles. The maximum atomic E-state index is 13.2. The van der Waals surface area contributed by atoms with Crippen LogP contribution < -0.4 is 4.90 Å². The van der Waals surface area contributed by atoms with Crippen LogP contribution in [0.2, 0.25) is 0 Å². The van der Waals surface area contributed by atoms with Crippen molar-refractivity contribution in [1.82, 2.24) is 4.31 Å². The van der Waals surface area contributed by atoms with E-state index in [9.17, 15) is 13.2 Å². The number of anilines is 1. The lowest BCUT2D eigenvalue weighted by atomic mass is 9.92. The second kappa shape index (κ2) is 5.85. The molecule has 3 aliphatic heterocycles. The zero-order chi connectivity index (χ0) is 16.9. The summed E-state index contributed by atoms with van der Waals surface area (Å²) >= 11 is 0. The molecule has 3 aliphatic rings. The van der Waals surface area contributed by atoms with Gasteiger partial charge in [-0.1, -0.05) is 6.42 Å². The highest BCUT2D eigenvalue weighted by atomic mass is 32.2. The van der Waals surface area contributed by atoms with Crippen LogP contribution in [-0.4, -0.2) is 37.8 Å². The molecule has 24 heavy (non-hydrogen) atoms. The van der Waals surface area contributed by atoms with Crippen molar-refractivity contribution in [3.63, 3.8) is 0 Å². The van der Waals surface area contributed by atoms with Crippen molar-refractivity contribution in [2.75, 3.05) is 18.0 Å². The van der Waals surface area contributed by atoms with Gasteiger partial charge in [0.2, 0.25) is 15.9 Å². The van der Waals surface area contributed by atoms with E-state index in [-0.39, 0.29) is 11.9 Å². The summed E-state index contributed by atoms with van der Waals surface area (Å²) in [4.78, 5) is 14.4. The Hall–Kier alpha value is -1.40. The predicted molar refractivity (Wildman–Crippen MR) is 92.6 cm³/mol. The minimum Gasteiger partial charge on any atom is -0.312 e. The Bertz CT molecular complexity index is 770. The van der Waals surface area contributed by atoms with Crippen molar-refractivity contribution in [2.24, 2.45) is 0 Å². The fraction of sp³-hybridized carbons (Fsp3) is 0.611. The van der Waals surface area contributed by atoms with E-state index in [0.29, 0.717) is 24.3 Å². The second-order valence-corrected chi connectivity index (χ2v) is 9.09. The first-order chi connectivity index (χ1) is 11.5. The van der Waals surface area contributed by atoms with Gasteiger partial charge in [-0.3, -0.25) is 4.79 Å². The van der Waals surface area contributed by atoms with Crippen LogP contribution in [0, 0.1) is 0 Å². The van der Waals surface area contributed by atoms with E-state index in [1.54, 1.807) is 4.31 Å². The summed E-state index contributed by atoms with van der Waals surface area (Å²) in [6, 6.07) is 3.70. The largest absolute Gasteiger partial charge is 0.312 e. The van der Waals surface area contributed by atoms with Gasteiger partial charge in [-0.2, -0.15) is 4.31 Å². The summed E-state index contributed by atoms with van der Waals surface area (Å²) in [6.07, 6.45) is 5.85. The van der Waals surface area contributed by atoms with Gasteiger partial charge in [0.1, 0.15) is 0 Å². The highest BCUT2D eigenvalue weighted by molar-refractivity contribution is 7.89. The number of nitrogens with zero attached hydrogens (tertiary/aromatic N) is 2. The molecule has 3 heterocycles.